The van der Waals surface area contributed by atoms with Gasteiger partial charge in [-0.05, 0) is 66.8 Å². The van der Waals surface area contributed by atoms with Crippen LogP contribution in [0.3, 0.4) is 0 Å². The number of carbonyl (C=O) groups excluding carboxylic acids is 1. The van der Waals surface area contributed by atoms with Crippen molar-refractivity contribution in [2.24, 2.45) is 0 Å². The number of nitrogens with zero attached hydrogens (tertiary/aromatic N) is 3. The van der Waals surface area contributed by atoms with Crippen molar-refractivity contribution in [1.82, 2.24) is 14.5 Å². The average molecular weight is 502 g/mol. The number of nitrogens with two attached hydrogens (primary N) is 1. The lowest BCUT2D eigenvalue weighted by Gasteiger charge is -2.14. The SMILES string of the molecule is N=Cc1c(N)ncnc1Oc1ccc(NC(=O)c2c3c(cn(-c4ccc(F)cc4)c2=O)CCC3)cc1F. The van der Waals surface area contributed by atoms with Crippen LogP contribution in [0.5, 0.6) is 11.6 Å². The van der Waals surface area contributed by atoms with Crippen molar-refractivity contribution in [3.63, 3.8) is 0 Å². The van der Waals surface area contributed by atoms with Crippen LogP contribution < -0.4 is 21.3 Å². The predicted octanol–water partition coefficient (Wildman–Crippen LogP) is 4.02. The van der Waals surface area contributed by atoms with Crippen molar-refractivity contribution in [3.8, 4) is 17.3 Å². The normalized spacial score (nSPS) is 12.2. The van der Waals surface area contributed by atoms with Gasteiger partial charge in [-0.15, -0.1) is 0 Å². The minimum absolute atomic E-state index is 0.00554. The number of pyridine rings is 1. The zero-order valence-corrected chi connectivity index (χ0v) is 19.3. The Hall–Kier alpha value is -4.93. The Morgan fingerprint density at radius 1 is 1.14 bits per heavy atom. The van der Waals surface area contributed by atoms with Gasteiger partial charge >= 0.3 is 0 Å². The molecule has 0 fully saturated rings. The Kier molecular flexibility index (Phi) is 6.18. The van der Waals surface area contributed by atoms with Crippen molar-refractivity contribution < 1.29 is 18.3 Å². The first-order chi connectivity index (χ1) is 17.9. The molecule has 0 bridgehead atoms. The molecule has 0 saturated carbocycles. The van der Waals surface area contributed by atoms with E-state index in [1.807, 2.05) is 0 Å². The molecule has 4 N–H and O–H groups in total. The summed E-state index contributed by atoms with van der Waals surface area (Å²) in [5.41, 5.74) is 7.25. The maximum Gasteiger partial charge on any atom is 0.268 e. The maximum absolute atomic E-state index is 14.8. The van der Waals surface area contributed by atoms with Gasteiger partial charge in [0.05, 0.1) is 5.56 Å². The lowest BCUT2D eigenvalue weighted by atomic mass is 10.0. The highest BCUT2D eigenvalue weighted by Crippen LogP contribution is 2.29. The number of amides is 1. The van der Waals surface area contributed by atoms with Crippen LogP contribution in [0, 0.1) is 17.0 Å². The highest BCUT2D eigenvalue weighted by molar-refractivity contribution is 6.05. The molecule has 0 aliphatic heterocycles. The first-order valence-electron chi connectivity index (χ1n) is 11.3. The number of aromatic nitrogens is 3. The fourth-order valence-corrected chi connectivity index (χ4v) is 4.26. The molecule has 1 aliphatic rings. The van der Waals surface area contributed by atoms with Gasteiger partial charge < -0.3 is 21.2 Å². The lowest BCUT2D eigenvalue weighted by molar-refractivity contribution is 0.102. The monoisotopic (exact) mass is 502 g/mol. The van der Waals surface area contributed by atoms with Gasteiger partial charge in [0.2, 0.25) is 5.88 Å². The van der Waals surface area contributed by atoms with Gasteiger partial charge in [-0.25, -0.2) is 18.7 Å². The second-order valence-corrected chi connectivity index (χ2v) is 8.34. The molecule has 1 aliphatic carbocycles. The van der Waals surface area contributed by atoms with Gasteiger partial charge in [-0.1, -0.05) is 0 Å². The van der Waals surface area contributed by atoms with Gasteiger partial charge in [-0.3, -0.25) is 14.2 Å². The van der Waals surface area contributed by atoms with E-state index in [4.69, 9.17) is 15.9 Å². The third-order valence-corrected chi connectivity index (χ3v) is 6.03. The van der Waals surface area contributed by atoms with E-state index in [0.29, 0.717) is 24.1 Å². The van der Waals surface area contributed by atoms with Gasteiger partial charge in [0.15, 0.2) is 11.6 Å². The minimum Gasteiger partial charge on any atom is -0.435 e. The number of carbonyl (C=O) groups is 1. The molecule has 186 valence electrons. The first-order valence-corrected chi connectivity index (χ1v) is 11.3. The number of ether oxygens (including phenoxy) is 1. The van der Waals surface area contributed by atoms with Crippen LogP contribution >= 0.6 is 0 Å². The van der Waals surface area contributed by atoms with Crippen LogP contribution in [-0.4, -0.2) is 26.7 Å². The number of benzene rings is 2. The van der Waals surface area contributed by atoms with Crippen LogP contribution in [0.1, 0.15) is 33.5 Å². The third-order valence-electron chi connectivity index (χ3n) is 6.03. The summed E-state index contributed by atoms with van der Waals surface area (Å²) in [4.78, 5) is 34.2. The van der Waals surface area contributed by atoms with E-state index in [1.165, 1.54) is 41.0 Å². The average Bonchev–Trinajstić information content (AvgIpc) is 3.34. The Bertz CT molecular complexity index is 1600. The molecule has 9 nitrogen and oxygen atoms in total. The van der Waals surface area contributed by atoms with E-state index in [9.17, 15) is 18.4 Å². The topological polar surface area (TPSA) is 136 Å². The Balaban J connectivity index is 1.44. The highest BCUT2D eigenvalue weighted by Gasteiger charge is 2.25. The van der Waals surface area contributed by atoms with Gasteiger partial charge in [0.25, 0.3) is 11.5 Å². The van der Waals surface area contributed by atoms with Crippen molar-refractivity contribution in [2.75, 3.05) is 11.1 Å². The second kappa shape index (κ2) is 9.61. The van der Waals surface area contributed by atoms with Crippen LogP contribution in [0.25, 0.3) is 5.69 Å². The molecular weight excluding hydrogens is 482 g/mol. The number of aryl methyl sites for hydroxylation is 1. The molecule has 2 aromatic carbocycles. The number of nitrogens with one attached hydrogen (secondary N) is 2. The molecule has 0 spiro atoms. The van der Waals surface area contributed by atoms with Crippen molar-refractivity contribution >= 4 is 23.6 Å². The van der Waals surface area contributed by atoms with E-state index in [1.54, 1.807) is 6.20 Å². The largest absolute Gasteiger partial charge is 0.435 e. The molecule has 2 aromatic heterocycles. The molecular formula is C26H20F2N6O3. The summed E-state index contributed by atoms with van der Waals surface area (Å²) >= 11 is 0. The summed E-state index contributed by atoms with van der Waals surface area (Å²) in [5, 5.41) is 10.0. The number of anilines is 2. The summed E-state index contributed by atoms with van der Waals surface area (Å²) in [7, 11) is 0. The quantitative estimate of drug-likeness (QED) is 0.341. The highest BCUT2D eigenvalue weighted by atomic mass is 19.1. The van der Waals surface area contributed by atoms with Crippen molar-refractivity contribution in [2.45, 2.75) is 19.3 Å². The zero-order chi connectivity index (χ0) is 26.1. The van der Waals surface area contributed by atoms with E-state index in [-0.39, 0.29) is 34.3 Å². The summed E-state index contributed by atoms with van der Waals surface area (Å²) in [5.74, 6) is -2.23. The van der Waals surface area contributed by atoms with E-state index in [0.717, 1.165) is 30.6 Å². The number of halogens is 2. The van der Waals surface area contributed by atoms with E-state index < -0.39 is 23.1 Å². The van der Waals surface area contributed by atoms with Crippen LogP contribution in [0.4, 0.5) is 20.3 Å². The van der Waals surface area contributed by atoms with Crippen LogP contribution in [0.2, 0.25) is 0 Å². The Morgan fingerprint density at radius 2 is 1.92 bits per heavy atom. The fourth-order valence-electron chi connectivity index (χ4n) is 4.26. The molecule has 5 rings (SSSR count). The summed E-state index contributed by atoms with van der Waals surface area (Å²) in [6, 6.07) is 9.13. The third kappa shape index (κ3) is 4.54. The molecule has 37 heavy (non-hydrogen) atoms. The van der Waals surface area contributed by atoms with E-state index >= 15 is 0 Å². The van der Waals surface area contributed by atoms with Crippen LogP contribution in [-0.2, 0) is 12.8 Å². The second-order valence-electron chi connectivity index (χ2n) is 8.34. The van der Waals surface area contributed by atoms with Crippen LogP contribution in [0.15, 0.2) is 59.8 Å². The first kappa shape index (κ1) is 23.8. The zero-order valence-electron chi connectivity index (χ0n) is 19.3. The predicted molar refractivity (Wildman–Crippen MR) is 133 cm³/mol. The molecule has 0 atom stereocenters. The number of rotatable bonds is 6. The molecule has 11 heteroatoms. The molecule has 0 radical (unpaired) electrons. The Labute approximate surface area is 209 Å². The van der Waals surface area contributed by atoms with Gasteiger partial charge in [0, 0.05) is 29.9 Å². The van der Waals surface area contributed by atoms with Crippen molar-refractivity contribution in [3.05, 3.63) is 99.2 Å². The number of hydrogen-bond acceptors (Lipinski definition) is 7. The summed E-state index contributed by atoms with van der Waals surface area (Å²) < 4.78 is 35.0. The molecule has 0 saturated heterocycles. The van der Waals surface area contributed by atoms with E-state index in [2.05, 4.69) is 15.3 Å². The standard InChI is InChI=1S/C26H20F2N6O3/c27-15-4-7-17(8-5-15)34-12-14-2-1-3-18(14)22(26(34)36)24(35)33-16-6-9-21(20(28)10-16)37-25-19(11-29)23(30)31-13-32-25/h4-13,29H,1-3H2,(H,33,35)(H2,30,31,32). The lowest BCUT2D eigenvalue weighted by Crippen LogP contribution is -2.30. The molecule has 4 aromatic rings. The summed E-state index contributed by atoms with van der Waals surface area (Å²) in [6.45, 7) is 0. The molecule has 0 unspecified atom stereocenters. The number of nitrogen functional groups attached to an aromatic ring is 1. The van der Waals surface area contributed by atoms with Gasteiger partial charge in [0.1, 0.15) is 23.5 Å². The van der Waals surface area contributed by atoms with Gasteiger partial charge in [-0.2, -0.15) is 0 Å². The maximum atomic E-state index is 14.8. The molecule has 2 heterocycles. The number of hydrogen-bond donors (Lipinski definition) is 3. The smallest absolute Gasteiger partial charge is 0.268 e. The number of fused-ring (bicyclic) bond motifs is 1. The summed E-state index contributed by atoms with van der Waals surface area (Å²) in [6.07, 6.45) is 5.76. The minimum atomic E-state index is -0.812. The molecule has 1 amide bonds. The fraction of sp³-hybridized carbons (Fsp3) is 0.115. The Morgan fingerprint density at radius 3 is 2.65 bits per heavy atom. The van der Waals surface area contributed by atoms with Crippen molar-refractivity contribution in [1.29, 1.82) is 5.41 Å².